The number of rotatable bonds is 4. The molecule has 18 heavy (non-hydrogen) atoms. The molecule has 0 aliphatic heterocycles. The van der Waals surface area contributed by atoms with Crippen LogP contribution in [0.25, 0.3) is 0 Å². The predicted octanol–water partition coefficient (Wildman–Crippen LogP) is 4.32. The minimum Gasteiger partial charge on any atom is -0.377 e. The van der Waals surface area contributed by atoms with Gasteiger partial charge in [0, 0.05) is 21.2 Å². The van der Waals surface area contributed by atoms with Crippen molar-refractivity contribution in [1.29, 1.82) is 0 Å². The Bertz CT molecular complexity index is 529. The minimum absolute atomic E-state index is 0.0925. The van der Waals surface area contributed by atoms with E-state index in [2.05, 4.69) is 43.2 Å². The summed E-state index contributed by atoms with van der Waals surface area (Å²) < 4.78 is 2.12. The summed E-state index contributed by atoms with van der Waals surface area (Å²) in [5.41, 5.74) is 8.08. The van der Waals surface area contributed by atoms with Crippen LogP contribution in [0.3, 0.4) is 0 Å². The summed E-state index contributed by atoms with van der Waals surface area (Å²) in [6.45, 7) is 0.537. The molecule has 0 bridgehead atoms. The zero-order valence-corrected chi connectivity index (χ0v) is 12.9. The largest absolute Gasteiger partial charge is 0.377 e. The quantitative estimate of drug-likeness (QED) is 0.841. The summed E-state index contributed by atoms with van der Waals surface area (Å²) in [6, 6.07) is 16.3. The van der Waals surface area contributed by atoms with Crippen LogP contribution >= 0.6 is 31.9 Å². The molecule has 0 amide bonds. The second-order valence-electron chi connectivity index (χ2n) is 3.96. The molecule has 0 aliphatic rings. The van der Waals surface area contributed by atoms with Gasteiger partial charge >= 0.3 is 0 Å². The highest BCUT2D eigenvalue weighted by Gasteiger charge is 2.12. The molecular formula is C14H14Br2N2. The van der Waals surface area contributed by atoms with Crippen LogP contribution in [0, 0.1) is 0 Å². The molecule has 4 heteroatoms. The van der Waals surface area contributed by atoms with Gasteiger partial charge in [0.05, 0.1) is 6.04 Å². The molecular weight excluding hydrogens is 356 g/mol. The first kappa shape index (κ1) is 13.6. The van der Waals surface area contributed by atoms with E-state index in [1.165, 1.54) is 5.56 Å². The van der Waals surface area contributed by atoms with Crippen LogP contribution in [0.4, 0.5) is 5.69 Å². The number of hydrogen-bond donors (Lipinski definition) is 2. The number of nitrogens with two attached hydrogens (primary N) is 1. The van der Waals surface area contributed by atoms with Crippen molar-refractivity contribution in [3.05, 3.63) is 63.0 Å². The van der Waals surface area contributed by atoms with Crippen molar-refractivity contribution in [2.45, 2.75) is 6.04 Å². The normalized spacial score (nSPS) is 12.2. The van der Waals surface area contributed by atoms with Crippen LogP contribution in [0.1, 0.15) is 11.6 Å². The number of hydrogen-bond acceptors (Lipinski definition) is 2. The zero-order valence-electron chi connectivity index (χ0n) is 9.74. The molecule has 0 saturated heterocycles. The van der Waals surface area contributed by atoms with Gasteiger partial charge in [-0.3, -0.25) is 0 Å². The van der Waals surface area contributed by atoms with Crippen LogP contribution in [0.2, 0.25) is 0 Å². The smallest absolute Gasteiger partial charge is 0.0647 e. The fourth-order valence-electron chi connectivity index (χ4n) is 1.80. The Kier molecular flexibility index (Phi) is 4.80. The van der Waals surface area contributed by atoms with Gasteiger partial charge in [-0.05, 0) is 29.8 Å². The maximum Gasteiger partial charge on any atom is 0.0647 e. The van der Waals surface area contributed by atoms with Crippen molar-refractivity contribution in [3.8, 4) is 0 Å². The van der Waals surface area contributed by atoms with E-state index in [-0.39, 0.29) is 6.04 Å². The van der Waals surface area contributed by atoms with E-state index in [0.717, 1.165) is 14.6 Å². The Balaban J connectivity index is 2.23. The lowest BCUT2D eigenvalue weighted by atomic mass is 10.1. The van der Waals surface area contributed by atoms with Gasteiger partial charge in [0.25, 0.3) is 0 Å². The fraction of sp³-hybridized carbons (Fsp3) is 0.143. The summed E-state index contributed by atoms with van der Waals surface area (Å²) in [4.78, 5) is 0. The lowest BCUT2D eigenvalue weighted by molar-refractivity contribution is 0.786. The van der Waals surface area contributed by atoms with E-state index < -0.39 is 0 Å². The molecule has 0 saturated carbocycles. The molecule has 1 atom stereocenters. The van der Waals surface area contributed by atoms with Gasteiger partial charge in [-0.2, -0.15) is 0 Å². The molecule has 2 nitrogen and oxygen atoms in total. The molecule has 0 radical (unpaired) electrons. The lowest BCUT2D eigenvalue weighted by Gasteiger charge is -2.20. The van der Waals surface area contributed by atoms with Crippen molar-refractivity contribution in [2.75, 3.05) is 11.9 Å². The van der Waals surface area contributed by atoms with E-state index >= 15 is 0 Å². The average molecular weight is 370 g/mol. The third-order valence-corrected chi connectivity index (χ3v) is 3.90. The fourth-order valence-corrected chi connectivity index (χ4v) is 2.76. The Hall–Kier alpha value is -0.840. The van der Waals surface area contributed by atoms with Gasteiger partial charge < -0.3 is 11.1 Å². The summed E-state index contributed by atoms with van der Waals surface area (Å²) in [5, 5.41) is 3.44. The van der Waals surface area contributed by atoms with Gasteiger partial charge in [-0.25, -0.2) is 0 Å². The van der Waals surface area contributed by atoms with Crippen molar-refractivity contribution in [3.63, 3.8) is 0 Å². The highest BCUT2D eigenvalue weighted by atomic mass is 79.9. The van der Waals surface area contributed by atoms with E-state index in [0.29, 0.717) is 6.54 Å². The van der Waals surface area contributed by atoms with Crippen LogP contribution in [-0.2, 0) is 0 Å². The Morgan fingerprint density at radius 2 is 1.83 bits per heavy atom. The van der Waals surface area contributed by atoms with Crippen LogP contribution < -0.4 is 11.1 Å². The number of nitrogens with one attached hydrogen (secondary N) is 1. The first-order valence-corrected chi connectivity index (χ1v) is 7.26. The second kappa shape index (κ2) is 6.36. The third-order valence-electron chi connectivity index (χ3n) is 2.68. The molecule has 1 unspecified atom stereocenters. The van der Waals surface area contributed by atoms with E-state index in [1.54, 1.807) is 0 Å². The summed E-state index contributed by atoms with van der Waals surface area (Å²) in [7, 11) is 0. The zero-order chi connectivity index (χ0) is 13.0. The molecule has 0 fully saturated rings. The van der Waals surface area contributed by atoms with Crippen LogP contribution in [0.15, 0.2) is 57.5 Å². The van der Waals surface area contributed by atoms with E-state index in [9.17, 15) is 0 Å². The second-order valence-corrected chi connectivity index (χ2v) is 5.73. The first-order valence-electron chi connectivity index (χ1n) is 5.67. The lowest BCUT2D eigenvalue weighted by Crippen LogP contribution is -2.20. The highest BCUT2D eigenvalue weighted by molar-refractivity contribution is 9.10. The molecule has 0 heterocycles. The minimum atomic E-state index is 0.0925. The van der Waals surface area contributed by atoms with E-state index in [4.69, 9.17) is 5.73 Å². The SMILES string of the molecule is NCC(Nc1cccc(Br)c1)c1ccccc1Br. The van der Waals surface area contributed by atoms with Gasteiger partial charge in [-0.15, -0.1) is 0 Å². The van der Waals surface area contributed by atoms with Crippen LogP contribution in [0.5, 0.6) is 0 Å². The molecule has 94 valence electrons. The van der Waals surface area contributed by atoms with Crippen molar-refractivity contribution < 1.29 is 0 Å². The van der Waals surface area contributed by atoms with Crippen molar-refractivity contribution in [2.24, 2.45) is 5.73 Å². The van der Waals surface area contributed by atoms with Crippen molar-refractivity contribution >= 4 is 37.5 Å². The topological polar surface area (TPSA) is 38.0 Å². The van der Waals surface area contributed by atoms with Gasteiger partial charge in [0.1, 0.15) is 0 Å². The maximum absolute atomic E-state index is 5.86. The molecule has 3 N–H and O–H groups in total. The van der Waals surface area contributed by atoms with Crippen molar-refractivity contribution in [1.82, 2.24) is 0 Å². The third kappa shape index (κ3) is 3.34. The molecule has 2 aromatic carbocycles. The molecule has 0 spiro atoms. The summed E-state index contributed by atoms with van der Waals surface area (Å²) >= 11 is 7.02. The monoisotopic (exact) mass is 368 g/mol. The van der Waals surface area contributed by atoms with Gasteiger partial charge in [-0.1, -0.05) is 56.1 Å². The number of benzene rings is 2. The van der Waals surface area contributed by atoms with E-state index in [1.807, 2.05) is 42.5 Å². The maximum atomic E-state index is 5.86. The average Bonchev–Trinajstić information content (AvgIpc) is 2.37. The van der Waals surface area contributed by atoms with Crippen LogP contribution in [-0.4, -0.2) is 6.54 Å². The highest BCUT2D eigenvalue weighted by Crippen LogP contribution is 2.26. The Morgan fingerprint density at radius 3 is 2.50 bits per heavy atom. The first-order chi connectivity index (χ1) is 8.70. The molecule has 2 aromatic rings. The summed E-state index contributed by atoms with van der Waals surface area (Å²) in [5.74, 6) is 0. The number of anilines is 1. The Morgan fingerprint density at radius 1 is 1.06 bits per heavy atom. The van der Waals surface area contributed by atoms with Gasteiger partial charge in [0.15, 0.2) is 0 Å². The Labute approximate surface area is 124 Å². The summed E-state index contributed by atoms with van der Waals surface area (Å²) in [6.07, 6.45) is 0. The predicted molar refractivity (Wildman–Crippen MR) is 83.7 cm³/mol. The molecule has 0 aliphatic carbocycles. The standard InChI is InChI=1S/C14H14Br2N2/c15-10-4-3-5-11(8-10)18-14(9-17)12-6-1-2-7-13(12)16/h1-8,14,18H,9,17H2. The van der Waals surface area contributed by atoms with Gasteiger partial charge in [0.2, 0.25) is 0 Å². The molecule has 0 aromatic heterocycles. The number of halogens is 2. The molecule has 2 rings (SSSR count).